The van der Waals surface area contributed by atoms with Gasteiger partial charge in [0.05, 0.1) is 23.5 Å². The van der Waals surface area contributed by atoms with Crippen molar-refractivity contribution in [3.63, 3.8) is 0 Å². The fourth-order valence-corrected chi connectivity index (χ4v) is 4.95. The Morgan fingerprint density at radius 3 is 2.40 bits per heavy atom. The van der Waals surface area contributed by atoms with Crippen molar-refractivity contribution in [1.82, 2.24) is 14.7 Å². The average Bonchev–Trinajstić information content (AvgIpc) is 3.39. The molecule has 10 nitrogen and oxygen atoms in total. The van der Waals surface area contributed by atoms with Crippen molar-refractivity contribution in [2.75, 3.05) is 6.54 Å². The van der Waals surface area contributed by atoms with E-state index in [2.05, 4.69) is 11.4 Å². The number of hydrogen-bond acceptors (Lipinski definition) is 7. The Kier molecular flexibility index (Phi) is 9.25. The van der Waals surface area contributed by atoms with Crippen molar-refractivity contribution >= 4 is 17.5 Å². The number of fused-ring (bicyclic) bond motifs is 1. The maximum Gasteiger partial charge on any atom is 0.249 e. The SMILES string of the molecule is CC(C)Oc1ccc(C(N)=O)c(C(CNC(=O)C(C)O)Cc2ccc(-c3cn4cccc(C(C)O)c4n3)cc2)c1C#N. The first-order chi connectivity index (χ1) is 20.0. The van der Waals surface area contributed by atoms with E-state index in [0.717, 1.165) is 22.4 Å². The van der Waals surface area contributed by atoms with Gasteiger partial charge < -0.3 is 30.4 Å². The fourth-order valence-electron chi connectivity index (χ4n) is 4.95. The standard InChI is InChI=1S/C32H35N5O5/c1-18(2)42-28-12-11-25(30(34)40)29(26(28)15-33)23(16-35-32(41)20(4)39)14-21-7-9-22(10-8-21)27-17-37-13-5-6-24(19(3)38)31(37)36-27/h5-13,17-20,23,38-39H,14,16H2,1-4H3,(H2,34,40)(H,35,41). The summed E-state index contributed by atoms with van der Waals surface area (Å²) in [5.41, 5.74) is 10.3. The van der Waals surface area contributed by atoms with Crippen molar-refractivity contribution in [1.29, 1.82) is 5.26 Å². The Morgan fingerprint density at radius 2 is 1.81 bits per heavy atom. The van der Waals surface area contributed by atoms with Crippen LogP contribution < -0.4 is 15.8 Å². The zero-order valence-electron chi connectivity index (χ0n) is 24.0. The number of aromatic nitrogens is 2. The van der Waals surface area contributed by atoms with Gasteiger partial charge in [0, 0.05) is 41.5 Å². The molecule has 10 heteroatoms. The molecule has 2 aromatic carbocycles. The van der Waals surface area contributed by atoms with Gasteiger partial charge in [0.15, 0.2) is 0 Å². The van der Waals surface area contributed by atoms with Gasteiger partial charge in [0.25, 0.3) is 0 Å². The van der Waals surface area contributed by atoms with Crippen molar-refractivity contribution in [3.8, 4) is 23.1 Å². The summed E-state index contributed by atoms with van der Waals surface area (Å²) >= 11 is 0. The molecule has 0 aliphatic heterocycles. The lowest BCUT2D eigenvalue weighted by Gasteiger charge is -2.24. The van der Waals surface area contributed by atoms with Gasteiger partial charge in [0.2, 0.25) is 11.8 Å². The van der Waals surface area contributed by atoms with Crippen LogP contribution in [0.15, 0.2) is 60.9 Å². The number of nitrogens with zero attached hydrogens (tertiary/aromatic N) is 3. The molecule has 42 heavy (non-hydrogen) atoms. The van der Waals surface area contributed by atoms with Gasteiger partial charge in [0.1, 0.15) is 23.6 Å². The first kappa shape index (κ1) is 30.2. The van der Waals surface area contributed by atoms with Crippen molar-refractivity contribution < 1.29 is 24.5 Å². The van der Waals surface area contributed by atoms with E-state index in [9.17, 15) is 25.1 Å². The third kappa shape index (κ3) is 6.60. The lowest BCUT2D eigenvalue weighted by molar-refractivity contribution is -0.128. The van der Waals surface area contributed by atoms with Gasteiger partial charge in [-0.1, -0.05) is 30.3 Å². The second-order valence-corrected chi connectivity index (χ2v) is 10.6. The summed E-state index contributed by atoms with van der Waals surface area (Å²) < 4.78 is 7.73. The fraction of sp³-hybridized carbons (Fsp3) is 0.312. The van der Waals surface area contributed by atoms with Crippen molar-refractivity contribution in [2.45, 2.75) is 58.3 Å². The highest BCUT2D eigenvalue weighted by Crippen LogP contribution is 2.34. The maximum absolute atomic E-state index is 12.5. The highest BCUT2D eigenvalue weighted by Gasteiger charge is 2.27. The molecule has 0 radical (unpaired) electrons. The monoisotopic (exact) mass is 569 g/mol. The first-order valence-electron chi connectivity index (χ1n) is 13.7. The summed E-state index contributed by atoms with van der Waals surface area (Å²) in [5, 5.41) is 32.7. The third-order valence-corrected chi connectivity index (χ3v) is 6.95. The summed E-state index contributed by atoms with van der Waals surface area (Å²) in [6, 6.07) is 16.6. The van der Waals surface area contributed by atoms with Crippen LogP contribution in [0.1, 0.15) is 72.3 Å². The zero-order chi connectivity index (χ0) is 30.6. The molecule has 2 aromatic heterocycles. The molecule has 2 amide bonds. The van der Waals surface area contributed by atoms with E-state index in [0.29, 0.717) is 23.4 Å². The van der Waals surface area contributed by atoms with Crippen LogP contribution in [0.2, 0.25) is 0 Å². The van der Waals surface area contributed by atoms with Crippen LogP contribution in [0.25, 0.3) is 16.9 Å². The number of pyridine rings is 1. The lowest BCUT2D eigenvalue weighted by atomic mass is 9.84. The number of ether oxygens (including phenoxy) is 1. The molecule has 0 bridgehead atoms. The van der Waals surface area contributed by atoms with Gasteiger partial charge in [-0.25, -0.2) is 4.98 Å². The summed E-state index contributed by atoms with van der Waals surface area (Å²) in [6.07, 6.45) is 2.00. The van der Waals surface area contributed by atoms with Crippen LogP contribution in [-0.2, 0) is 11.2 Å². The molecule has 218 valence electrons. The highest BCUT2D eigenvalue weighted by molar-refractivity contribution is 5.95. The van der Waals surface area contributed by atoms with Gasteiger partial charge in [-0.3, -0.25) is 9.59 Å². The molecular weight excluding hydrogens is 534 g/mol. The maximum atomic E-state index is 12.5. The van der Waals surface area contributed by atoms with Crippen LogP contribution >= 0.6 is 0 Å². The van der Waals surface area contributed by atoms with Gasteiger partial charge in [-0.05, 0) is 63.4 Å². The number of nitrogens with one attached hydrogen (secondary N) is 1. The number of carbonyl (C=O) groups is 2. The number of hydrogen-bond donors (Lipinski definition) is 4. The molecule has 2 heterocycles. The number of benzene rings is 2. The topological polar surface area (TPSA) is 163 Å². The molecule has 4 aromatic rings. The zero-order valence-corrected chi connectivity index (χ0v) is 24.0. The number of carbonyl (C=O) groups excluding carboxylic acids is 2. The predicted octanol–water partition coefficient (Wildman–Crippen LogP) is 3.64. The Labute approximate surface area is 244 Å². The molecule has 0 spiro atoms. The van der Waals surface area contributed by atoms with Crippen molar-refractivity contribution in [3.05, 3.63) is 88.7 Å². The predicted molar refractivity (Wildman–Crippen MR) is 158 cm³/mol. The van der Waals surface area contributed by atoms with E-state index >= 15 is 0 Å². The van der Waals surface area contributed by atoms with Crippen LogP contribution in [0, 0.1) is 11.3 Å². The van der Waals surface area contributed by atoms with E-state index < -0.39 is 29.9 Å². The Morgan fingerprint density at radius 1 is 1.10 bits per heavy atom. The van der Waals surface area contributed by atoms with E-state index in [-0.39, 0.29) is 23.8 Å². The number of nitrogens with two attached hydrogens (primary N) is 1. The largest absolute Gasteiger partial charge is 0.490 e. The minimum Gasteiger partial charge on any atom is -0.490 e. The van der Waals surface area contributed by atoms with Gasteiger partial charge in [-0.2, -0.15) is 5.26 Å². The smallest absolute Gasteiger partial charge is 0.249 e. The highest BCUT2D eigenvalue weighted by atomic mass is 16.5. The third-order valence-electron chi connectivity index (χ3n) is 6.95. The first-order valence-corrected chi connectivity index (χ1v) is 13.7. The summed E-state index contributed by atoms with van der Waals surface area (Å²) in [4.78, 5) is 29.5. The number of primary amides is 1. The van der Waals surface area contributed by atoms with E-state index in [1.807, 2.05) is 67.0 Å². The molecule has 0 saturated heterocycles. The Bertz CT molecular complexity index is 1630. The summed E-state index contributed by atoms with van der Waals surface area (Å²) in [5.74, 6) is -1.51. The van der Waals surface area contributed by atoms with Crippen LogP contribution in [0.3, 0.4) is 0 Å². The molecular formula is C32H35N5O5. The van der Waals surface area contributed by atoms with Gasteiger partial charge >= 0.3 is 0 Å². The van der Waals surface area contributed by atoms with Gasteiger partial charge in [-0.15, -0.1) is 0 Å². The second kappa shape index (κ2) is 12.9. The minimum atomic E-state index is -1.23. The average molecular weight is 570 g/mol. The Hall–Kier alpha value is -4.72. The van der Waals surface area contributed by atoms with E-state index in [1.165, 1.54) is 13.0 Å². The number of rotatable bonds is 11. The molecule has 0 fully saturated rings. The molecule has 4 rings (SSSR count). The van der Waals surface area contributed by atoms with Crippen LogP contribution in [-0.4, -0.2) is 50.2 Å². The molecule has 5 N–H and O–H groups in total. The number of amides is 2. The second-order valence-electron chi connectivity index (χ2n) is 10.6. The minimum absolute atomic E-state index is 0.0418. The Balaban J connectivity index is 1.73. The molecule has 0 aliphatic carbocycles. The van der Waals surface area contributed by atoms with E-state index in [1.54, 1.807) is 13.0 Å². The summed E-state index contributed by atoms with van der Waals surface area (Å²) in [6.45, 7) is 6.77. The van der Waals surface area contributed by atoms with Crippen LogP contribution in [0.5, 0.6) is 5.75 Å². The molecule has 0 saturated carbocycles. The molecule has 0 aliphatic rings. The quantitative estimate of drug-likeness (QED) is 0.214. The molecule has 3 atom stereocenters. The number of nitriles is 1. The van der Waals surface area contributed by atoms with E-state index in [4.69, 9.17) is 15.5 Å². The summed E-state index contributed by atoms with van der Waals surface area (Å²) in [7, 11) is 0. The number of imidazole rings is 1. The van der Waals surface area contributed by atoms with Crippen LogP contribution in [0.4, 0.5) is 0 Å². The molecule has 3 unspecified atom stereocenters. The normalized spacial score (nSPS) is 13.4. The van der Waals surface area contributed by atoms with Crippen molar-refractivity contribution in [2.24, 2.45) is 5.73 Å². The lowest BCUT2D eigenvalue weighted by Crippen LogP contribution is -2.36. The number of aliphatic hydroxyl groups excluding tert-OH is 2. The number of aliphatic hydroxyl groups is 2.